The second kappa shape index (κ2) is 9.66. The summed E-state index contributed by atoms with van der Waals surface area (Å²) in [6, 6.07) is 24.3. The molecule has 6 nitrogen and oxygen atoms in total. The van der Waals surface area contributed by atoms with Gasteiger partial charge < -0.3 is 19.9 Å². The van der Waals surface area contributed by atoms with Crippen LogP contribution in [-0.4, -0.2) is 35.9 Å². The number of carboxylic acids is 1. The molecule has 0 aliphatic heterocycles. The number of carbonyl (C=O) groups is 2. The molecule has 3 aromatic carbocycles. The van der Waals surface area contributed by atoms with E-state index in [1.54, 1.807) is 6.92 Å². The highest BCUT2D eigenvalue weighted by Crippen LogP contribution is 2.44. The van der Waals surface area contributed by atoms with Crippen LogP contribution in [0, 0.1) is 0 Å². The van der Waals surface area contributed by atoms with Crippen LogP contribution in [0.2, 0.25) is 0 Å². The van der Waals surface area contributed by atoms with Crippen molar-refractivity contribution in [3.8, 4) is 11.1 Å². The summed E-state index contributed by atoms with van der Waals surface area (Å²) in [4.78, 5) is 24.2. The van der Waals surface area contributed by atoms with E-state index in [1.165, 1.54) is 0 Å². The Kier molecular flexibility index (Phi) is 6.52. The second-order valence-corrected chi connectivity index (χ2v) is 7.79. The van der Waals surface area contributed by atoms with Crippen molar-refractivity contribution in [3.05, 3.63) is 95.6 Å². The number of ether oxygens (including phenoxy) is 2. The predicted molar refractivity (Wildman–Crippen MR) is 120 cm³/mol. The highest BCUT2D eigenvalue weighted by molar-refractivity contribution is 5.81. The zero-order valence-corrected chi connectivity index (χ0v) is 17.7. The minimum atomic E-state index is -1.23. The van der Waals surface area contributed by atoms with E-state index in [2.05, 4.69) is 17.4 Å². The number of rotatable bonds is 8. The first-order valence-corrected chi connectivity index (χ1v) is 10.5. The van der Waals surface area contributed by atoms with E-state index >= 15 is 0 Å². The Morgan fingerprint density at radius 1 is 0.906 bits per heavy atom. The monoisotopic (exact) mass is 431 g/mol. The highest BCUT2D eigenvalue weighted by atomic mass is 16.6. The molecule has 0 bridgehead atoms. The van der Waals surface area contributed by atoms with Crippen molar-refractivity contribution in [1.29, 1.82) is 0 Å². The number of alkyl carbamates (subject to hydrolysis) is 1. The number of carboxylic acid groups (broad SMARTS) is 1. The van der Waals surface area contributed by atoms with Gasteiger partial charge in [-0.2, -0.15) is 0 Å². The quantitative estimate of drug-likeness (QED) is 0.545. The van der Waals surface area contributed by atoms with Gasteiger partial charge in [-0.1, -0.05) is 78.9 Å². The van der Waals surface area contributed by atoms with Crippen LogP contribution in [0.25, 0.3) is 11.1 Å². The van der Waals surface area contributed by atoms with Gasteiger partial charge in [-0.15, -0.1) is 0 Å². The van der Waals surface area contributed by atoms with Gasteiger partial charge in [0, 0.05) is 5.92 Å². The van der Waals surface area contributed by atoms with Gasteiger partial charge in [0.25, 0.3) is 0 Å². The van der Waals surface area contributed by atoms with Gasteiger partial charge in [-0.05, 0) is 34.7 Å². The molecule has 0 heterocycles. The van der Waals surface area contributed by atoms with Crippen molar-refractivity contribution in [2.75, 3.05) is 6.61 Å². The van der Waals surface area contributed by atoms with Gasteiger partial charge in [0.05, 0.1) is 12.7 Å². The van der Waals surface area contributed by atoms with Crippen LogP contribution < -0.4 is 5.32 Å². The summed E-state index contributed by atoms with van der Waals surface area (Å²) in [5.74, 6) is -1.28. The number of hydrogen-bond acceptors (Lipinski definition) is 4. The fourth-order valence-electron chi connectivity index (χ4n) is 4.05. The molecule has 0 radical (unpaired) electrons. The fourth-order valence-corrected chi connectivity index (χ4v) is 4.05. The minimum absolute atomic E-state index is 0.0943. The molecule has 0 aromatic heterocycles. The van der Waals surface area contributed by atoms with Crippen LogP contribution in [0.3, 0.4) is 0 Å². The number of fused-ring (bicyclic) bond motifs is 3. The van der Waals surface area contributed by atoms with E-state index in [1.807, 2.05) is 66.7 Å². The predicted octanol–water partition coefficient (Wildman–Crippen LogP) is 4.58. The fraction of sp³-hybridized carbons (Fsp3) is 0.231. The number of hydrogen-bond donors (Lipinski definition) is 2. The number of aliphatic carboxylic acids is 1. The van der Waals surface area contributed by atoms with Gasteiger partial charge in [0.15, 0.2) is 6.04 Å². The molecule has 0 saturated carbocycles. The van der Waals surface area contributed by atoms with Gasteiger partial charge in [-0.3, -0.25) is 0 Å². The number of benzene rings is 3. The zero-order valence-electron chi connectivity index (χ0n) is 17.7. The lowest BCUT2D eigenvalue weighted by Crippen LogP contribution is -2.48. The van der Waals surface area contributed by atoms with Gasteiger partial charge in [-0.25, -0.2) is 9.59 Å². The molecule has 1 aliphatic rings. The molecule has 4 rings (SSSR count). The third kappa shape index (κ3) is 4.65. The van der Waals surface area contributed by atoms with Crippen LogP contribution in [0.5, 0.6) is 0 Å². The van der Waals surface area contributed by atoms with E-state index in [0.29, 0.717) is 0 Å². The molecule has 2 N–H and O–H groups in total. The lowest BCUT2D eigenvalue weighted by atomic mass is 9.98. The Bertz CT molecular complexity index is 1050. The average Bonchev–Trinajstić information content (AvgIpc) is 3.14. The topological polar surface area (TPSA) is 84.9 Å². The molecule has 32 heavy (non-hydrogen) atoms. The summed E-state index contributed by atoms with van der Waals surface area (Å²) in [5.41, 5.74) is 5.36. The van der Waals surface area contributed by atoms with Gasteiger partial charge >= 0.3 is 12.1 Å². The van der Waals surface area contributed by atoms with Crippen LogP contribution in [0.4, 0.5) is 4.79 Å². The molecule has 1 amide bonds. The number of amides is 1. The summed E-state index contributed by atoms with van der Waals surface area (Å²) in [6.07, 6.45) is -1.53. The van der Waals surface area contributed by atoms with Crippen molar-refractivity contribution in [3.63, 3.8) is 0 Å². The maximum atomic E-state index is 12.5. The van der Waals surface area contributed by atoms with Crippen LogP contribution in [0.15, 0.2) is 78.9 Å². The highest BCUT2D eigenvalue weighted by Gasteiger charge is 2.31. The van der Waals surface area contributed by atoms with Crippen molar-refractivity contribution in [2.24, 2.45) is 0 Å². The van der Waals surface area contributed by atoms with Gasteiger partial charge in [0.1, 0.15) is 6.61 Å². The molecule has 164 valence electrons. The first kappa shape index (κ1) is 21.6. The van der Waals surface area contributed by atoms with Crippen molar-refractivity contribution in [1.82, 2.24) is 5.32 Å². The smallest absolute Gasteiger partial charge is 0.407 e. The summed E-state index contributed by atoms with van der Waals surface area (Å²) < 4.78 is 11.1. The Balaban J connectivity index is 1.37. The summed E-state index contributed by atoms with van der Waals surface area (Å²) in [6.45, 7) is 1.98. The van der Waals surface area contributed by atoms with Gasteiger partial charge in [0.2, 0.25) is 0 Å². The Labute approximate surface area is 186 Å². The molecule has 0 spiro atoms. The first-order chi connectivity index (χ1) is 15.5. The molecular formula is C26H25NO5. The van der Waals surface area contributed by atoms with Crippen LogP contribution in [-0.2, 0) is 20.9 Å². The largest absolute Gasteiger partial charge is 0.480 e. The normalized spacial score (nSPS) is 14.2. The lowest BCUT2D eigenvalue weighted by molar-refractivity contribution is -0.143. The third-order valence-electron chi connectivity index (χ3n) is 5.71. The molecule has 3 aromatic rings. The van der Waals surface area contributed by atoms with Crippen molar-refractivity contribution in [2.45, 2.75) is 31.6 Å². The molecular weight excluding hydrogens is 406 g/mol. The van der Waals surface area contributed by atoms with E-state index in [0.717, 1.165) is 27.8 Å². The second-order valence-electron chi connectivity index (χ2n) is 7.79. The summed E-state index contributed by atoms with van der Waals surface area (Å²) in [7, 11) is 0. The minimum Gasteiger partial charge on any atom is -0.480 e. The Morgan fingerprint density at radius 2 is 1.47 bits per heavy atom. The van der Waals surface area contributed by atoms with Crippen molar-refractivity contribution >= 4 is 12.1 Å². The van der Waals surface area contributed by atoms with E-state index in [4.69, 9.17) is 9.47 Å². The molecule has 6 heteroatoms. The molecule has 2 unspecified atom stereocenters. The maximum absolute atomic E-state index is 12.5. The number of nitrogens with one attached hydrogen (secondary N) is 1. The van der Waals surface area contributed by atoms with E-state index in [9.17, 15) is 14.7 Å². The number of carbonyl (C=O) groups excluding carboxylic acids is 1. The van der Waals surface area contributed by atoms with Crippen molar-refractivity contribution < 1.29 is 24.2 Å². The van der Waals surface area contributed by atoms with E-state index in [-0.39, 0.29) is 19.1 Å². The molecule has 2 atom stereocenters. The Hall–Kier alpha value is -3.64. The zero-order chi connectivity index (χ0) is 22.5. The summed E-state index contributed by atoms with van der Waals surface area (Å²) >= 11 is 0. The maximum Gasteiger partial charge on any atom is 0.407 e. The molecule has 1 aliphatic carbocycles. The first-order valence-electron chi connectivity index (χ1n) is 10.5. The SMILES string of the molecule is CC(OCc1ccccc1)C(NC(=O)OCC1c2ccccc2-c2ccccc21)C(=O)O. The standard InChI is InChI=1S/C26H25NO5/c1-17(31-15-18-9-3-2-4-10-18)24(25(28)29)27-26(30)32-16-23-21-13-7-5-11-19(21)20-12-6-8-14-22(20)23/h2-14,17,23-24H,15-16H2,1H3,(H,27,30)(H,28,29). The average molecular weight is 431 g/mol. The molecule has 0 fully saturated rings. The Morgan fingerprint density at radius 3 is 2.06 bits per heavy atom. The lowest BCUT2D eigenvalue weighted by Gasteiger charge is -2.22. The third-order valence-corrected chi connectivity index (χ3v) is 5.71. The molecule has 0 saturated heterocycles. The van der Waals surface area contributed by atoms with Crippen LogP contribution >= 0.6 is 0 Å². The summed E-state index contributed by atoms with van der Waals surface area (Å²) in [5, 5.41) is 12.0. The van der Waals surface area contributed by atoms with Crippen LogP contribution in [0.1, 0.15) is 29.5 Å². The van der Waals surface area contributed by atoms with E-state index < -0.39 is 24.2 Å².